The molecule has 2 aromatic carbocycles. The van der Waals surface area contributed by atoms with Crippen LogP contribution in [-0.4, -0.2) is 44.5 Å². The highest BCUT2D eigenvalue weighted by molar-refractivity contribution is 9.10. The van der Waals surface area contributed by atoms with Crippen LogP contribution in [0.2, 0.25) is 0 Å². The van der Waals surface area contributed by atoms with Crippen LogP contribution in [0, 0.1) is 5.82 Å². The van der Waals surface area contributed by atoms with E-state index in [1.54, 1.807) is 21.7 Å². The van der Waals surface area contributed by atoms with Gasteiger partial charge in [-0.2, -0.15) is 5.10 Å². The molecule has 3 heterocycles. The normalized spacial score (nSPS) is 22.8. The highest BCUT2D eigenvalue weighted by Crippen LogP contribution is 2.42. The maximum Gasteiger partial charge on any atom is 0.284 e. The molecule has 2 saturated heterocycles. The number of ether oxygens (including phenoxy) is 1. The Morgan fingerprint density at radius 1 is 1.18 bits per heavy atom. The Labute approximate surface area is 231 Å². The summed E-state index contributed by atoms with van der Waals surface area (Å²) >= 11 is 4.70. The first-order chi connectivity index (χ1) is 18.3. The lowest BCUT2D eigenvalue weighted by molar-refractivity contribution is -0.128. The summed E-state index contributed by atoms with van der Waals surface area (Å²) in [5.74, 6) is -0.433. The largest absolute Gasteiger partial charge is 0.344 e. The number of rotatable bonds is 6. The van der Waals surface area contributed by atoms with Crippen LogP contribution in [0.15, 0.2) is 81.8 Å². The number of carbonyl (C=O) groups is 2. The smallest absolute Gasteiger partial charge is 0.284 e. The zero-order chi connectivity index (χ0) is 26.4. The predicted molar refractivity (Wildman–Crippen MR) is 147 cm³/mol. The van der Waals surface area contributed by atoms with Crippen LogP contribution in [0.3, 0.4) is 0 Å². The Bertz CT molecular complexity index is 1480. The quantitative estimate of drug-likeness (QED) is 0.372. The van der Waals surface area contributed by atoms with Gasteiger partial charge in [-0.3, -0.25) is 9.59 Å². The molecule has 0 spiro atoms. The Morgan fingerprint density at radius 2 is 1.95 bits per heavy atom. The third kappa shape index (κ3) is 4.72. The van der Waals surface area contributed by atoms with Crippen molar-refractivity contribution >= 4 is 38.8 Å². The zero-order valence-corrected chi connectivity index (χ0v) is 22.9. The fourth-order valence-electron chi connectivity index (χ4n) is 4.93. The minimum Gasteiger partial charge on any atom is -0.344 e. The SMILES string of the molecule is CC12CC=C(CCN3C(=O)COC3c3cn(-c4ccc(Br)cc4)nc3-c3ccc(F)cc3)C=C1SC(=O)N2. The molecule has 1 N–H and O–H groups in total. The number of fused-ring (bicyclic) bond motifs is 1. The van der Waals surface area contributed by atoms with Gasteiger partial charge in [0.2, 0.25) is 0 Å². The van der Waals surface area contributed by atoms with E-state index in [0.717, 1.165) is 38.2 Å². The van der Waals surface area contributed by atoms with E-state index in [0.29, 0.717) is 18.7 Å². The van der Waals surface area contributed by atoms with Gasteiger partial charge in [0.05, 0.1) is 11.2 Å². The van der Waals surface area contributed by atoms with Crippen molar-refractivity contribution in [2.75, 3.05) is 13.2 Å². The second kappa shape index (κ2) is 9.83. The van der Waals surface area contributed by atoms with Crippen LogP contribution in [-0.2, 0) is 9.53 Å². The first kappa shape index (κ1) is 25.1. The van der Waals surface area contributed by atoms with Crippen molar-refractivity contribution in [3.63, 3.8) is 0 Å². The minimum atomic E-state index is -0.627. The average Bonchev–Trinajstić information content (AvgIpc) is 3.57. The molecule has 1 aliphatic carbocycles. The molecule has 7 nitrogen and oxygen atoms in total. The number of halogens is 2. The van der Waals surface area contributed by atoms with Gasteiger partial charge in [-0.1, -0.05) is 22.0 Å². The molecule has 6 rings (SSSR count). The number of carbonyl (C=O) groups excluding carboxylic acids is 2. The molecule has 38 heavy (non-hydrogen) atoms. The van der Waals surface area contributed by atoms with Crippen molar-refractivity contribution in [1.82, 2.24) is 20.0 Å². The number of benzene rings is 2. The third-order valence-corrected chi connectivity index (χ3v) is 8.64. The standard InChI is InChI=1S/C28H24BrFN4O3S/c1-28-12-10-17(14-23(28)38-27(36)31-28)11-13-33-24(35)16-37-26(33)22-15-34(21-8-4-19(29)5-9-21)32-25(22)18-2-6-20(30)7-3-18/h2-10,14-15,26H,11-13,16H2,1H3,(H,31,36). The summed E-state index contributed by atoms with van der Waals surface area (Å²) in [5, 5.41) is 7.80. The molecule has 1 aromatic heterocycles. The molecule has 2 amide bonds. The predicted octanol–water partition coefficient (Wildman–Crippen LogP) is 6.12. The molecular formula is C28H24BrFN4O3S. The summed E-state index contributed by atoms with van der Waals surface area (Å²) in [7, 11) is 0. The van der Waals surface area contributed by atoms with Crippen molar-refractivity contribution in [1.29, 1.82) is 0 Å². The number of allylic oxidation sites excluding steroid dienone is 1. The van der Waals surface area contributed by atoms with Crippen LogP contribution >= 0.6 is 27.7 Å². The van der Waals surface area contributed by atoms with Crippen molar-refractivity contribution in [3.8, 4) is 16.9 Å². The molecule has 3 aliphatic rings. The highest BCUT2D eigenvalue weighted by Gasteiger charge is 2.40. The van der Waals surface area contributed by atoms with Crippen LogP contribution < -0.4 is 5.32 Å². The molecule has 2 atom stereocenters. The van der Waals surface area contributed by atoms with E-state index < -0.39 is 6.23 Å². The topological polar surface area (TPSA) is 76.5 Å². The summed E-state index contributed by atoms with van der Waals surface area (Å²) in [4.78, 5) is 27.6. The van der Waals surface area contributed by atoms with Crippen molar-refractivity contribution in [2.45, 2.75) is 31.5 Å². The zero-order valence-electron chi connectivity index (χ0n) is 20.5. The minimum absolute atomic E-state index is 0.0243. The van der Waals surface area contributed by atoms with Gasteiger partial charge in [-0.25, -0.2) is 9.07 Å². The number of thioether (sulfide) groups is 1. The summed E-state index contributed by atoms with van der Waals surface area (Å²) < 4.78 is 22.4. The van der Waals surface area contributed by atoms with E-state index >= 15 is 0 Å². The number of amides is 2. The van der Waals surface area contributed by atoms with Crippen LogP contribution in [0.25, 0.3) is 16.9 Å². The molecule has 2 unspecified atom stereocenters. The molecule has 0 bridgehead atoms. The summed E-state index contributed by atoms with van der Waals surface area (Å²) in [6.07, 6.45) is 6.78. The summed E-state index contributed by atoms with van der Waals surface area (Å²) in [6, 6.07) is 13.9. The van der Waals surface area contributed by atoms with Gasteiger partial charge in [-0.05, 0) is 91.7 Å². The fraction of sp³-hybridized carbons (Fsp3) is 0.250. The Balaban J connectivity index is 1.30. The van der Waals surface area contributed by atoms with Crippen molar-refractivity contribution < 1.29 is 18.7 Å². The van der Waals surface area contributed by atoms with E-state index in [-0.39, 0.29) is 29.1 Å². The number of hydrogen-bond acceptors (Lipinski definition) is 5. The average molecular weight is 595 g/mol. The van der Waals surface area contributed by atoms with Gasteiger partial charge in [0, 0.05) is 33.2 Å². The van der Waals surface area contributed by atoms with Crippen LogP contribution in [0.4, 0.5) is 9.18 Å². The summed E-state index contributed by atoms with van der Waals surface area (Å²) in [5.41, 5.74) is 3.68. The van der Waals surface area contributed by atoms with Crippen molar-refractivity contribution in [3.05, 3.63) is 93.2 Å². The van der Waals surface area contributed by atoms with Gasteiger partial charge in [0.15, 0.2) is 6.23 Å². The lowest BCUT2D eigenvalue weighted by atomic mass is 9.89. The van der Waals surface area contributed by atoms with E-state index in [1.165, 1.54) is 23.9 Å². The molecule has 2 fully saturated rings. The molecule has 0 radical (unpaired) electrons. The second-order valence-electron chi connectivity index (χ2n) is 9.70. The van der Waals surface area contributed by atoms with Gasteiger partial charge >= 0.3 is 0 Å². The van der Waals surface area contributed by atoms with Gasteiger partial charge in [0.1, 0.15) is 18.1 Å². The summed E-state index contributed by atoms with van der Waals surface area (Å²) in [6.45, 7) is 2.45. The Morgan fingerprint density at radius 3 is 2.71 bits per heavy atom. The lowest BCUT2D eigenvalue weighted by Crippen LogP contribution is -2.39. The van der Waals surface area contributed by atoms with Gasteiger partial charge < -0.3 is 15.0 Å². The second-order valence-corrected chi connectivity index (χ2v) is 11.6. The molecule has 0 saturated carbocycles. The fourth-order valence-corrected chi connectivity index (χ4v) is 6.24. The lowest BCUT2D eigenvalue weighted by Gasteiger charge is -2.28. The first-order valence-corrected chi connectivity index (χ1v) is 13.8. The third-order valence-electron chi connectivity index (χ3n) is 7.04. The Hall–Kier alpha value is -3.21. The van der Waals surface area contributed by atoms with Crippen LogP contribution in [0.5, 0.6) is 0 Å². The number of nitrogens with zero attached hydrogens (tertiary/aromatic N) is 3. The van der Waals surface area contributed by atoms with Gasteiger partial charge in [0.25, 0.3) is 11.1 Å². The molecular weight excluding hydrogens is 571 g/mol. The van der Waals surface area contributed by atoms with E-state index in [9.17, 15) is 14.0 Å². The van der Waals surface area contributed by atoms with E-state index in [4.69, 9.17) is 9.84 Å². The Kier molecular flexibility index (Phi) is 6.49. The van der Waals surface area contributed by atoms with Gasteiger partial charge in [-0.15, -0.1) is 0 Å². The number of nitrogens with one attached hydrogen (secondary N) is 1. The number of aromatic nitrogens is 2. The monoisotopic (exact) mass is 594 g/mol. The molecule has 194 valence electrons. The molecule has 2 aliphatic heterocycles. The maximum atomic E-state index is 13.7. The van der Waals surface area contributed by atoms with Crippen molar-refractivity contribution in [2.24, 2.45) is 0 Å². The first-order valence-electron chi connectivity index (χ1n) is 12.2. The number of hydrogen-bond donors (Lipinski definition) is 1. The van der Waals surface area contributed by atoms with E-state index in [1.807, 2.05) is 37.4 Å². The highest BCUT2D eigenvalue weighted by atomic mass is 79.9. The molecule has 3 aromatic rings. The van der Waals surface area contributed by atoms with E-state index in [2.05, 4.69) is 33.4 Å². The molecule has 10 heteroatoms. The van der Waals surface area contributed by atoms with Crippen LogP contribution in [0.1, 0.15) is 31.6 Å². The maximum absolute atomic E-state index is 13.7.